The van der Waals surface area contributed by atoms with E-state index in [0.29, 0.717) is 12.2 Å². The number of carbonyl (C=O) groups is 1. The minimum absolute atomic E-state index is 0.186. The van der Waals surface area contributed by atoms with Crippen LogP contribution in [0.5, 0.6) is 11.5 Å². The lowest BCUT2D eigenvalue weighted by molar-refractivity contribution is 0.104. The summed E-state index contributed by atoms with van der Waals surface area (Å²) in [4.78, 5) is 12.3. The van der Waals surface area contributed by atoms with Crippen molar-refractivity contribution >= 4 is 11.9 Å². The second-order valence-corrected chi connectivity index (χ2v) is 6.79. The standard InChI is InChI=1S/C25H23FO3/c1-17-5-4-6-18(2)25(17)29-16-21-15-19(8-14-24(21)28-3)7-13-23(27)20-9-11-22(26)12-10-20/h4-15H,16H2,1-3H3/b13-7+. The fraction of sp³-hybridized carbons (Fsp3) is 0.160. The first-order valence-electron chi connectivity index (χ1n) is 9.32. The number of aryl methyl sites for hydroxylation is 2. The van der Waals surface area contributed by atoms with Crippen LogP contribution in [0.25, 0.3) is 6.08 Å². The monoisotopic (exact) mass is 390 g/mol. The maximum Gasteiger partial charge on any atom is 0.185 e. The van der Waals surface area contributed by atoms with Gasteiger partial charge in [-0.05, 0) is 73.0 Å². The number of carbonyl (C=O) groups excluding carboxylic acids is 1. The number of halogens is 1. The van der Waals surface area contributed by atoms with Crippen LogP contribution in [0.15, 0.2) is 66.7 Å². The Balaban J connectivity index is 1.77. The first-order valence-corrected chi connectivity index (χ1v) is 9.32. The summed E-state index contributed by atoms with van der Waals surface area (Å²) >= 11 is 0. The molecular weight excluding hydrogens is 367 g/mol. The van der Waals surface area contributed by atoms with Crippen molar-refractivity contribution in [3.63, 3.8) is 0 Å². The number of ketones is 1. The van der Waals surface area contributed by atoms with E-state index in [-0.39, 0.29) is 11.6 Å². The van der Waals surface area contributed by atoms with E-state index >= 15 is 0 Å². The van der Waals surface area contributed by atoms with E-state index in [1.807, 2.05) is 50.2 Å². The Morgan fingerprint density at radius 3 is 2.34 bits per heavy atom. The molecule has 3 aromatic carbocycles. The molecule has 4 heteroatoms. The van der Waals surface area contributed by atoms with Gasteiger partial charge in [-0.1, -0.05) is 30.3 Å². The topological polar surface area (TPSA) is 35.5 Å². The highest BCUT2D eigenvalue weighted by Gasteiger charge is 2.08. The van der Waals surface area contributed by atoms with Gasteiger partial charge in [-0.2, -0.15) is 0 Å². The molecule has 0 atom stereocenters. The Bertz CT molecular complexity index is 1020. The molecule has 148 valence electrons. The fourth-order valence-electron chi connectivity index (χ4n) is 3.07. The lowest BCUT2D eigenvalue weighted by Gasteiger charge is -2.14. The van der Waals surface area contributed by atoms with Crippen LogP contribution in [0.2, 0.25) is 0 Å². The highest BCUT2D eigenvalue weighted by Crippen LogP contribution is 2.27. The molecule has 0 bridgehead atoms. The minimum Gasteiger partial charge on any atom is -0.496 e. The predicted molar refractivity (Wildman–Crippen MR) is 113 cm³/mol. The number of allylic oxidation sites excluding steroid dienone is 1. The maximum absolute atomic E-state index is 13.0. The van der Waals surface area contributed by atoms with Gasteiger partial charge in [0.1, 0.15) is 23.9 Å². The smallest absolute Gasteiger partial charge is 0.185 e. The molecule has 29 heavy (non-hydrogen) atoms. The molecule has 0 saturated heterocycles. The van der Waals surface area contributed by atoms with Crippen molar-refractivity contribution in [3.05, 3.63) is 100 Å². The van der Waals surface area contributed by atoms with E-state index in [0.717, 1.165) is 33.8 Å². The van der Waals surface area contributed by atoms with Gasteiger partial charge in [0.25, 0.3) is 0 Å². The summed E-state index contributed by atoms with van der Waals surface area (Å²) in [6.07, 6.45) is 3.21. The molecule has 3 nitrogen and oxygen atoms in total. The third-order valence-corrected chi connectivity index (χ3v) is 4.64. The average Bonchev–Trinajstić information content (AvgIpc) is 2.72. The molecule has 3 rings (SSSR count). The Labute approximate surface area is 170 Å². The fourth-order valence-corrected chi connectivity index (χ4v) is 3.07. The van der Waals surface area contributed by atoms with Crippen molar-refractivity contribution in [2.45, 2.75) is 20.5 Å². The molecule has 0 amide bonds. The Morgan fingerprint density at radius 1 is 1.00 bits per heavy atom. The zero-order chi connectivity index (χ0) is 20.8. The van der Waals surface area contributed by atoms with Crippen molar-refractivity contribution < 1.29 is 18.7 Å². The summed E-state index contributed by atoms with van der Waals surface area (Å²) in [5.41, 5.74) is 4.32. The van der Waals surface area contributed by atoms with Crippen molar-refractivity contribution in [1.82, 2.24) is 0 Å². The van der Waals surface area contributed by atoms with Gasteiger partial charge in [-0.3, -0.25) is 4.79 Å². The Morgan fingerprint density at radius 2 is 1.69 bits per heavy atom. The van der Waals surface area contributed by atoms with E-state index in [9.17, 15) is 9.18 Å². The van der Waals surface area contributed by atoms with Crippen LogP contribution in [0.3, 0.4) is 0 Å². The molecule has 0 N–H and O–H groups in total. The molecule has 0 fully saturated rings. The van der Waals surface area contributed by atoms with Gasteiger partial charge in [0.15, 0.2) is 5.78 Å². The number of methoxy groups -OCH3 is 1. The molecule has 0 unspecified atom stereocenters. The van der Waals surface area contributed by atoms with Gasteiger partial charge in [0.05, 0.1) is 7.11 Å². The predicted octanol–water partition coefficient (Wildman–Crippen LogP) is 5.93. The van der Waals surface area contributed by atoms with Crippen LogP contribution in [0.4, 0.5) is 4.39 Å². The summed E-state index contributed by atoms with van der Waals surface area (Å²) in [6.45, 7) is 4.38. The number of hydrogen-bond donors (Lipinski definition) is 0. The number of hydrogen-bond acceptors (Lipinski definition) is 3. The largest absolute Gasteiger partial charge is 0.496 e. The summed E-state index contributed by atoms with van der Waals surface area (Å²) in [6, 6.07) is 17.2. The van der Waals surface area contributed by atoms with Crippen LogP contribution >= 0.6 is 0 Å². The maximum atomic E-state index is 13.0. The van der Waals surface area contributed by atoms with Crippen molar-refractivity contribution in [1.29, 1.82) is 0 Å². The van der Waals surface area contributed by atoms with E-state index in [1.54, 1.807) is 13.2 Å². The first kappa shape index (κ1) is 20.3. The molecular formula is C25H23FO3. The SMILES string of the molecule is COc1ccc(/C=C/C(=O)c2ccc(F)cc2)cc1COc1c(C)cccc1C. The number of benzene rings is 3. The molecule has 0 aromatic heterocycles. The third kappa shape index (κ3) is 5.11. The van der Waals surface area contributed by atoms with Gasteiger partial charge < -0.3 is 9.47 Å². The second kappa shape index (κ2) is 9.20. The lowest BCUT2D eigenvalue weighted by Crippen LogP contribution is -2.01. The van der Waals surface area contributed by atoms with E-state index < -0.39 is 0 Å². The second-order valence-electron chi connectivity index (χ2n) is 6.79. The zero-order valence-corrected chi connectivity index (χ0v) is 16.7. The van der Waals surface area contributed by atoms with Gasteiger partial charge in [-0.25, -0.2) is 4.39 Å². The molecule has 0 spiro atoms. The van der Waals surface area contributed by atoms with Crippen molar-refractivity contribution in [2.24, 2.45) is 0 Å². The highest BCUT2D eigenvalue weighted by molar-refractivity contribution is 6.06. The first-order chi connectivity index (χ1) is 14.0. The minimum atomic E-state index is -0.366. The van der Waals surface area contributed by atoms with E-state index in [1.165, 1.54) is 30.3 Å². The summed E-state index contributed by atoms with van der Waals surface area (Å²) in [7, 11) is 1.62. The van der Waals surface area contributed by atoms with Crippen LogP contribution in [0, 0.1) is 19.7 Å². The van der Waals surface area contributed by atoms with E-state index in [2.05, 4.69) is 0 Å². The quantitative estimate of drug-likeness (QED) is 0.371. The Hall–Kier alpha value is -3.40. The summed E-state index contributed by atoms with van der Waals surface area (Å²) < 4.78 is 24.5. The lowest BCUT2D eigenvalue weighted by atomic mass is 10.1. The molecule has 0 aliphatic rings. The third-order valence-electron chi connectivity index (χ3n) is 4.64. The van der Waals surface area contributed by atoms with Gasteiger partial charge in [-0.15, -0.1) is 0 Å². The van der Waals surface area contributed by atoms with E-state index in [4.69, 9.17) is 9.47 Å². The zero-order valence-electron chi connectivity index (χ0n) is 16.7. The van der Waals surface area contributed by atoms with Crippen LogP contribution in [-0.2, 0) is 6.61 Å². The molecule has 0 heterocycles. The van der Waals surface area contributed by atoms with Crippen LogP contribution in [0.1, 0.15) is 32.6 Å². The highest BCUT2D eigenvalue weighted by atomic mass is 19.1. The Kier molecular flexibility index (Phi) is 6.45. The van der Waals surface area contributed by atoms with Crippen LogP contribution < -0.4 is 9.47 Å². The number of ether oxygens (including phenoxy) is 2. The van der Waals surface area contributed by atoms with Gasteiger partial charge in [0.2, 0.25) is 0 Å². The van der Waals surface area contributed by atoms with Gasteiger partial charge in [0, 0.05) is 11.1 Å². The van der Waals surface area contributed by atoms with Crippen molar-refractivity contribution in [2.75, 3.05) is 7.11 Å². The van der Waals surface area contributed by atoms with Gasteiger partial charge >= 0.3 is 0 Å². The average molecular weight is 390 g/mol. The number of para-hydroxylation sites is 1. The summed E-state index contributed by atoms with van der Waals surface area (Å²) in [5, 5.41) is 0. The molecule has 0 aliphatic carbocycles. The van der Waals surface area contributed by atoms with Crippen LogP contribution in [-0.4, -0.2) is 12.9 Å². The van der Waals surface area contributed by atoms with Crippen molar-refractivity contribution in [3.8, 4) is 11.5 Å². The molecule has 3 aromatic rings. The molecule has 0 aliphatic heterocycles. The molecule has 0 saturated carbocycles. The number of rotatable bonds is 7. The summed E-state index contributed by atoms with van der Waals surface area (Å²) in [5.74, 6) is 1.03. The molecule has 0 radical (unpaired) electrons. The normalized spacial score (nSPS) is 10.9.